The van der Waals surface area contributed by atoms with Gasteiger partial charge in [-0.2, -0.15) is 0 Å². The van der Waals surface area contributed by atoms with Crippen LogP contribution >= 0.6 is 27.3 Å². The highest BCUT2D eigenvalue weighted by Gasteiger charge is 2.19. The molecule has 2 aromatic heterocycles. The molecule has 0 fully saturated rings. The van der Waals surface area contributed by atoms with Crippen molar-refractivity contribution < 1.29 is 0 Å². The molecule has 0 spiro atoms. The summed E-state index contributed by atoms with van der Waals surface area (Å²) < 4.78 is 3.35. The fraction of sp³-hybridized carbons (Fsp3) is 0.500. The molecule has 0 saturated heterocycles. The van der Waals surface area contributed by atoms with Crippen molar-refractivity contribution in [3.8, 4) is 0 Å². The van der Waals surface area contributed by atoms with E-state index in [4.69, 9.17) is 5.73 Å². The molecule has 0 saturated carbocycles. The first-order valence-corrected chi connectivity index (χ1v) is 8.46. The molecule has 20 heavy (non-hydrogen) atoms. The predicted molar refractivity (Wildman–Crippen MR) is 87.8 cm³/mol. The minimum Gasteiger partial charge on any atom is -0.333 e. The normalized spacial score (nSPS) is 13.1. The number of nitrogens with zero attached hydrogens (tertiary/aromatic N) is 3. The Bertz CT molecular complexity index is 537. The summed E-state index contributed by atoms with van der Waals surface area (Å²) in [5.74, 6) is 0. The first-order valence-electron chi connectivity index (χ1n) is 6.79. The smallest absolute Gasteiger partial charge is 0.0948 e. The highest BCUT2D eigenvalue weighted by molar-refractivity contribution is 9.10. The Morgan fingerprint density at radius 2 is 2.35 bits per heavy atom. The molecule has 2 N–H and O–H groups in total. The van der Waals surface area contributed by atoms with Crippen LogP contribution in [0.2, 0.25) is 0 Å². The van der Waals surface area contributed by atoms with Crippen molar-refractivity contribution in [2.75, 3.05) is 13.6 Å². The summed E-state index contributed by atoms with van der Waals surface area (Å²) in [6.07, 6.45) is 4.94. The van der Waals surface area contributed by atoms with Crippen molar-refractivity contribution in [3.05, 3.63) is 39.0 Å². The largest absolute Gasteiger partial charge is 0.333 e. The van der Waals surface area contributed by atoms with Crippen LogP contribution in [0.25, 0.3) is 0 Å². The van der Waals surface area contributed by atoms with Crippen molar-refractivity contribution in [1.29, 1.82) is 0 Å². The standard InChI is InChI=1S/C14H21BrN4S/c1-3-4-19-10-17-7-14(19)13(6-16)18(2)8-12-5-11(15)9-20-12/h5,7,9-10,13H,3-4,6,8,16H2,1-2H3. The van der Waals surface area contributed by atoms with E-state index in [1.165, 1.54) is 10.6 Å². The lowest BCUT2D eigenvalue weighted by Gasteiger charge is -2.27. The third kappa shape index (κ3) is 3.69. The van der Waals surface area contributed by atoms with Gasteiger partial charge in [-0.3, -0.25) is 4.90 Å². The molecule has 0 aromatic carbocycles. The third-order valence-electron chi connectivity index (χ3n) is 3.33. The number of hydrogen-bond acceptors (Lipinski definition) is 4. The van der Waals surface area contributed by atoms with E-state index < -0.39 is 0 Å². The number of halogens is 1. The van der Waals surface area contributed by atoms with Crippen molar-refractivity contribution in [3.63, 3.8) is 0 Å². The van der Waals surface area contributed by atoms with E-state index in [0.717, 1.165) is 24.0 Å². The second-order valence-electron chi connectivity index (χ2n) is 4.91. The van der Waals surface area contributed by atoms with Crippen LogP contribution in [0.15, 0.2) is 28.4 Å². The average Bonchev–Trinajstić information content (AvgIpc) is 3.01. The molecule has 0 aliphatic rings. The van der Waals surface area contributed by atoms with E-state index in [0.29, 0.717) is 6.54 Å². The topological polar surface area (TPSA) is 47.1 Å². The lowest BCUT2D eigenvalue weighted by atomic mass is 10.2. The Labute approximate surface area is 132 Å². The van der Waals surface area contributed by atoms with Crippen molar-refractivity contribution in [2.45, 2.75) is 32.5 Å². The zero-order valence-electron chi connectivity index (χ0n) is 11.9. The highest BCUT2D eigenvalue weighted by Crippen LogP contribution is 2.25. The summed E-state index contributed by atoms with van der Waals surface area (Å²) in [6, 6.07) is 2.36. The molecule has 6 heteroatoms. The van der Waals surface area contributed by atoms with E-state index in [1.807, 2.05) is 12.5 Å². The molecule has 4 nitrogen and oxygen atoms in total. The molecule has 0 aliphatic carbocycles. The molecule has 110 valence electrons. The van der Waals surface area contributed by atoms with Gasteiger partial charge >= 0.3 is 0 Å². The van der Waals surface area contributed by atoms with Gasteiger partial charge in [-0.1, -0.05) is 6.92 Å². The molecule has 0 amide bonds. The molecule has 0 aliphatic heterocycles. The number of likely N-dealkylation sites (N-methyl/N-ethyl adjacent to an activating group) is 1. The van der Waals surface area contributed by atoms with Crippen LogP contribution in [0.1, 0.15) is 30.0 Å². The zero-order chi connectivity index (χ0) is 14.5. The summed E-state index contributed by atoms with van der Waals surface area (Å²) in [5, 5.41) is 2.11. The molecule has 2 aromatic rings. The molecule has 1 atom stereocenters. The Balaban J connectivity index is 2.12. The van der Waals surface area contributed by atoms with Gasteiger partial charge in [-0.15, -0.1) is 11.3 Å². The second-order valence-corrected chi connectivity index (χ2v) is 6.82. The van der Waals surface area contributed by atoms with Gasteiger partial charge in [0, 0.05) is 40.6 Å². The third-order valence-corrected chi connectivity index (χ3v) is 5.02. The first-order chi connectivity index (χ1) is 9.65. The van der Waals surface area contributed by atoms with Gasteiger partial charge in [0.25, 0.3) is 0 Å². The first kappa shape index (κ1) is 15.7. The number of aryl methyl sites for hydroxylation is 1. The molecule has 2 rings (SSSR count). The predicted octanol–water partition coefficient (Wildman–Crippen LogP) is 3.25. The maximum atomic E-state index is 6.00. The van der Waals surface area contributed by atoms with E-state index >= 15 is 0 Å². The maximum Gasteiger partial charge on any atom is 0.0948 e. The Hall–Kier alpha value is -0.690. The number of imidazole rings is 1. The molecule has 0 radical (unpaired) electrons. The van der Waals surface area contributed by atoms with Crippen LogP contribution in [-0.4, -0.2) is 28.0 Å². The molecule has 0 bridgehead atoms. The minimum absolute atomic E-state index is 0.199. The summed E-state index contributed by atoms with van der Waals surface area (Å²) in [7, 11) is 2.12. The lowest BCUT2D eigenvalue weighted by Crippen LogP contribution is -2.31. The van der Waals surface area contributed by atoms with Crippen LogP contribution < -0.4 is 5.73 Å². The van der Waals surface area contributed by atoms with Crippen LogP contribution in [0, 0.1) is 0 Å². The number of rotatable bonds is 7. The highest BCUT2D eigenvalue weighted by atomic mass is 79.9. The summed E-state index contributed by atoms with van der Waals surface area (Å²) >= 11 is 5.27. The monoisotopic (exact) mass is 356 g/mol. The SMILES string of the molecule is CCCn1cncc1C(CN)N(C)Cc1cc(Br)cs1. The van der Waals surface area contributed by atoms with Gasteiger partial charge in [0.2, 0.25) is 0 Å². The Morgan fingerprint density at radius 1 is 1.55 bits per heavy atom. The molecule has 2 heterocycles. The summed E-state index contributed by atoms with van der Waals surface area (Å²) in [5.41, 5.74) is 7.20. The fourth-order valence-electron chi connectivity index (χ4n) is 2.36. The van der Waals surface area contributed by atoms with Crippen LogP contribution in [0.3, 0.4) is 0 Å². The van der Waals surface area contributed by atoms with Crippen LogP contribution in [0.4, 0.5) is 0 Å². The van der Waals surface area contributed by atoms with Gasteiger partial charge in [0.15, 0.2) is 0 Å². The lowest BCUT2D eigenvalue weighted by molar-refractivity contribution is 0.234. The van der Waals surface area contributed by atoms with E-state index in [2.05, 4.69) is 55.8 Å². The van der Waals surface area contributed by atoms with Crippen molar-refractivity contribution in [2.24, 2.45) is 5.73 Å². The summed E-state index contributed by atoms with van der Waals surface area (Å²) in [4.78, 5) is 7.90. The van der Waals surface area contributed by atoms with Gasteiger partial charge in [0.1, 0.15) is 0 Å². The van der Waals surface area contributed by atoms with Gasteiger partial charge < -0.3 is 10.3 Å². The van der Waals surface area contributed by atoms with Gasteiger partial charge in [-0.25, -0.2) is 4.98 Å². The molecular formula is C14H21BrN4S. The average molecular weight is 357 g/mol. The Kier molecular flexibility index (Phi) is 5.77. The minimum atomic E-state index is 0.199. The Morgan fingerprint density at radius 3 is 2.95 bits per heavy atom. The van der Waals surface area contributed by atoms with Gasteiger partial charge in [-0.05, 0) is 35.5 Å². The van der Waals surface area contributed by atoms with Crippen molar-refractivity contribution >= 4 is 27.3 Å². The maximum absolute atomic E-state index is 6.00. The zero-order valence-corrected chi connectivity index (χ0v) is 14.3. The van der Waals surface area contributed by atoms with Crippen molar-refractivity contribution in [1.82, 2.24) is 14.5 Å². The van der Waals surface area contributed by atoms with E-state index in [9.17, 15) is 0 Å². The second kappa shape index (κ2) is 7.36. The number of aromatic nitrogens is 2. The van der Waals surface area contributed by atoms with Gasteiger partial charge in [0.05, 0.1) is 18.1 Å². The number of hydrogen-bond donors (Lipinski definition) is 1. The molecule has 1 unspecified atom stereocenters. The fourth-order valence-corrected chi connectivity index (χ4v) is 3.87. The van der Waals surface area contributed by atoms with E-state index in [1.54, 1.807) is 11.3 Å². The molecular weight excluding hydrogens is 336 g/mol. The number of thiophene rings is 1. The quantitative estimate of drug-likeness (QED) is 0.828. The van der Waals surface area contributed by atoms with E-state index in [-0.39, 0.29) is 6.04 Å². The summed E-state index contributed by atoms with van der Waals surface area (Å²) in [6.45, 7) is 4.66. The van der Waals surface area contributed by atoms with Crippen LogP contribution in [-0.2, 0) is 13.1 Å². The van der Waals surface area contributed by atoms with Crippen LogP contribution in [0.5, 0.6) is 0 Å². The number of nitrogens with two attached hydrogens (primary N) is 1.